The van der Waals surface area contributed by atoms with Gasteiger partial charge in [-0.05, 0) is 14.0 Å². The monoisotopic (exact) mass is 101 g/mol. The summed E-state index contributed by atoms with van der Waals surface area (Å²) < 4.78 is 0. The first-order valence-corrected chi connectivity index (χ1v) is 2.32. The Hall–Kier alpha value is 0.375. The van der Waals surface area contributed by atoms with Gasteiger partial charge >= 0.3 is 0 Å². The van der Waals surface area contributed by atoms with Gasteiger partial charge in [0.05, 0.1) is 0 Å². The smallest absolute Gasteiger partial charge is 0.183 e. The summed E-state index contributed by atoms with van der Waals surface area (Å²) in [5.41, 5.74) is 0. The average molecular weight is 101 g/mol. The van der Waals surface area contributed by atoms with Crippen molar-refractivity contribution >= 4 is 20.6 Å². The maximum absolute atomic E-state index is 5.19. The summed E-state index contributed by atoms with van der Waals surface area (Å²) in [6.45, 7) is 1.91. The molecule has 0 aromatic carbocycles. The highest BCUT2D eigenvalue weighted by atomic mass is 32.1. The lowest BCUT2D eigenvalue weighted by atomic mass is 10.3. The van der Waals surface area contributed by atoms with Crippen molar-refractivity contribution in [3.8, 4) is 0 Å². The van der Waals surface area contributed by atoms with Crippen LogP contribution < -0.4 is 0 Å². The summed E-state index contributed by atoms with van der Waals surface area (Å²) in [4.78, 5) is 1.53. The van der Waals surface area contributed by atoms with E-state index in [4.69, 9.17) is 7.98 Å². The van der Waals surface area contributed by atoms with Gasteiger partial charge in [-0.2, -0.15) is 12.6 Å². The predicted octanol–water partition coefficient (Wildman–Crippen LogP) is 0.277. The topological polar surface area (TPSA) is 3.24 Å². The van der Waals surface area contributed by atoms with Gasteiger partial charge in [0.2, 0.25) is 0 Å². The standard InChI is InChI=1S/C3H8BNS/c1-3(6)5(2)4/h3,6H,1-2H3. The van der Waals surface area contributed by atoms with Gasteiger partial charge in [0, 0.05) is 5.37 Å². The van der Waals surface area contributed by atoms with E-state index >= 15 is 0 Å². The number of hydrogen-bond donors (Lipinski definition) is 1. The second-order valence-corrected chi connectivity index (χ2v) is 2.04. The number of rotatable bonds is 1. The minimum Gasteiger partial charge on any atom is -0.346 e. The van der Waals surface area contributed by atoms with Crippen molar-refractivity contribution in [3.63, 3.8) is 0 Å². The molecule has 0 rings (SSSR count). The quantitative estimate of drug-likeness (QED) is 0.282. The van der Waals surface area contributed by atoms with Crippen molar-refractivity contribution in [2.75, 3.05) is 7.05 Å². The maximum Gasteiger partial charge on any atom is 0.183 e. The predicted molar refractivity (Wildman–Crippen MR) is 32.0 cm³/mol. The molecule has 0 N–H and O–H groups in total. The van der Waals surface area contributed by atoms with E-state index < -0.39 is 0 Å². The Morgan fingerprint density at radius 2 is 2.00 bits per heavy atom. The minimum absolute atomic E-state index is 0.157. The van der Waals surface area contributed by atoms with Crippen molar-refractivity contribution in [2.24, 2.45) is 0 Å². The second kappa shape index (κ2) is 2.53. The summed E-state index contributed by atoms with van der Waals surface area (Å²) in [6, 6.07) is 0. The van der Waals surface area contributed by atoms with Crippen LogP contribution in [-0.4, -0.2) is 25.2 Å². The molecule has 1 unspecified atom stereocenters. The van der Waals surface area contributed by atoms with Gasteiger partial charge in [-0.25, -0.2) is 0 Å². The first-order valence-electron chi connectivity index (χ1n) is 1.80. The molecule has 0 aliphatic rings. The third-order valence-corrected chi connectivity index (χ3v) is 0.954. The lowest BCUT2D eigenvalue weighted by Gasteiger charge is -2.12. The summed E-state index contributed by atoms with van der Waals surface area (Å²) in [7, 11) is 6.97. The van der Waals surface area contributed by atoms with E-state index in [9.17, 15) is 0 Å². The van der Waals surface area contributed by atoms with E-state index in [2.05, 4.69) is 12.6 Å². The molecular formula is C3H8BNS. The molecule has 0 fully saturated rings. The molecule has 0 saturated carbocycles. The third-order valence-electron chi connectivity index (χ3n) is 0.589. The zero-order chi connectivity index (χ0) is 5.15. The van der Waals surface area contributed by atoms with Crippen LogP contribution in [0.1, 0.15) is 6.92 Å². The second-order valence-electron chi connectivity index (χ2n) is 1.30. The molecule has 6 heavy (non-hydrogen) atoms. The number of thiol groups is 1. The third kappa shape index (κ3) is 2.60. The molecule has 34 valence electrons. The molecule has 0 aromatic heterocycles. The van der Waals surface area contributed by atoms with Gasteiger partial charge in [0.25, 0.3) is 0 Å². The lowest BCUT2D eigenvalue weighted by Crippen LogP contribution is -2.20. The Balaban J connectivity index is 2.99. The highest BCUT2D eigenvalue weighted by molar-refractivity contribution is 7.80. The minimum atomic E-state index is 0.157. The van der Waals surface area contributed by atoms with Gasteiger partial charge < -0.3 is 4.81 Å². The summed E-state index contributed by atoms with van der Waals surface area (Å²) in [6.07, 6.45) is 0. The van der Waals surface area contributed by atoms with Crippen LogP contribution in [-0.2, 0) is 0 Å². The first kappa shape index (κ1) is 6.37. The molecule has 2 radical (unpaired) electrons. The largest absolute Gasteiger partial charge is 0.346 e. The fourth-order valence-corrected chi connectivity index (χ4v) is 0. The van der Waals surface area contributed by atoms with E-state index in [1.54, 1.807) is 7.05 Å². The first-order chi connectivity index (χ1) is 2.64. The molecule has 1 atom stereocenters. The van der Waals surface area contributed by atoms with E-state index in [0.29, 0.717) is 0 Å². The van der Waals surface area contributed by atoms with Crippen molar-refractivity contribution in [3.05, 3.63) is 0 Å². The summed E-state index contributed by atoms with van der Waals surface area (Å²) in [5.74, 6) is 0. The molecule has 0 bridgehead atoms. The molecule has 0 aromatic rings. The van der Waals surface area contributed by atoms with E-state index in [1.165, 1.54) is 4.81 Å². The fraction of sp³-hybridized carbons (Fsp3) is 1.00. The van der Waals surface area contributed by atoms with Gasteiger partial charge in [-0.1, -0.05) is 0 Å². The fourth-order valence-electron chi connectivity index (χ4n) is 0. The van der Waals surface area contributed by atoms with Crippen LogP contribution in [0.4, 0.5) is 0 Å². The Morgan fingerprint density at radius 1 is 1.83 bits per heavy atom. The van der Waals surface area contributed by atoms with Gasteiger partial charge in [-0.15, -0.1) is 0 Å². The molecule has 0 spiro atoms. The molecule has 0 amide bonds. The van der Waals surface area contributed by atoms with Crippen molar-refractivity contribution < 1.29 is 0 Å². The van der Waals surface area contributed by atoms with Crippen LogP contribution in [0.15, 0.2) is 0 Å². The van der Waals surface area contributed by atoms with Gasteiger partial charge in [-0.3, -0.25) is 0 Å². The molecule has 0 heterocycles. The Labute approximate surface area is 45.6 Å². The van der Waals surface area contributed by atoms with Crippen molar-refractivity contribution in [2.45, 2.75) is 12.3 Å². The van der Waals surface area contributed by atoms with Crippen molar-refractivity contribution in [1.29, 1.82) is 0 Å². The van der Waals surface area contributed by atoms with Gasteiger partial charge in [0.15, 0.2) is 7.98 Å². The Morgan fingerprint density at radius 3 is 2.00 bits per heavy atom. The zero-order valence-electron chi connectivity index (χ0n) is 4.05. The Kier molecular flexibility index (Phi) is 2.69. The lowest BCUT2D eigenvalue weighted by molar-refractivity contribution is 0.544. The van der Waals surface area contributed by atoms with Gasteiger partial charge in [0.1, 0.15) is 0 Å². The van der Waals surface area contributed by atoms with Crippen LogP contribution in [0, 0.1) is 0 Å². The summed E-state index contributed by atoms with van der Waals surface area (Å²) in [5, 5.41) is 0.157. The zero-order valence-corrected chi connectivity index (χ0v) is 4.94. The van der Waals surface area contributed by atoms with E-state index in [-0.39, 0.29) is 5.37 Å². The van der Waals surface area contributed by atoms with Crippen LogP contribution >= 0.6 is 12.6 Å². The maximum atomic E-state index is 5.19. The van der Waals surface area contributed by atoms with Crippen LogP contribution in [0.5, 0.6) is 0 Å². The van der Waals surface area contributed by atoms with E-state index in [1.807, 2.05) is 6.92 Å². The normalized spacial score (nSPS) is 15.3. The van der Waals surface area contributed by atoms with Crippen LogP contribution in [0.25, 0.3) is 0 Å². The molecular weight excluding hydrogens is 92.9 g/mol. The highest BCUT2D eigenvalue weighted by Gasteiger charge is 1.91. The summed E-state index contributed by atoms with van der Waals surface area (Å²) >= 11 is 3.99. The Bertz CT molecular complexity index is 31.8. The molecule has 3 heteroatoms. The molecule has 0 aliphatic heterocycles. The van der Waals surface area contributed by atoms with E-state index in [0.717, 1.165) is 0 Å². The molecule has 1 nitrogen and oxygen atoms in total. The SMILES string of the molecule is [B]N(C)C(C)S. The molecule has 0 aliphatic carbocycles. The highest BCUT2D eigenvalue weighted by Crippen LogP contribution is 1.91. The average Bonchev–Trinajstić information content (AvgIpc) is 1.36. The number of nitrogens with zero attached hydrogens (tertiary/aromatic N) is 1. The molecule has 0 saturated heterocycles. The van der Waals surface area contributed by atoms with Crippen LogP contribution in [0.3, 0.4) is 0 Å². The van der Waals surface area contributed by atoms with Crippen LogP contribution in [0.2, 0.25) is 0 Å². The van der Waals surface area contributed by atoms with Crippen molar-refractivity contribution in [1.82, 2.24) is 4.81 Å². The number of hydrogen-bond acceptors (Lipinski definition) is 2.